The Morgan fingerprint density at radius 3 is 2.56 bits per heavy atom. The first-order chi connectivity index (χ1) is 8.49. The molecular formula is C10H16N2O6. The number of carboxylic acid groups (broad SMARTS) is 2. The number of carboxylic acids is 2. The van der Waals surface area contributed by atoms with E-state index in [1.165, 1.54) is 0 Å². The third-order valence-electron chi connectivity index (χ3n) is 2.56. The maximum atomic E-state index is 11.4. The van der Waals surface area contributed by atoms with Crippen molar-refractivity contribution in [1.29, 1.82) is 0 Å². The monoisotopic (exact) mass is 260 g/mol. The van der Waals surface area contributed by atoms with Gasteiger partial charge in [-0.1, -0.05) is 0 Å². The summed E-state index contributed by atoms with van der Waals surface area (Å²) in [6, 6.07) is -2.11. The van der Waals surface area contributed by atoms with Crippen molar-refractivity contribution in [2.24, 2.45) is 5.92 Å². The molecule has 0 aliphatic carbocycles. The van der Waals surface area contributed by atoms with Crippen molar-refractivity contribution in [3.8, 4) is 0 Å². The van der Waals surface area contributed by atoms with E-state index in [2.05, 4.69) is 10.6 Å². The first-order valence-corrected chi connectivity index (χ1v) is 5.55. The minimum absolute atomic E-state index is 0.221. The molecule has 1 aliphatic heterocycles. The van der Waals surface area contributed by atoms with Gasteiger partial charge in [-0.25, -0.2) is 9.59 Å². The Labute approximate surface area is 103 Å². The van der Waals surface area contributed by atoms with E-state index in [-0.39, 0.29) is 5.92 Å². The van der Waals surface area contributed by atoms with Crippen LogP contribution < -0.4 is 10.6 Å². The Hall–Kier alpha value is -1.83. The number of rotatable bonds is 6. The summed E-state index contributed by atoms with van der Waals surface area (Å²) in [4.78, 5) is 32.5. The molecule has 1 rings (SSSR count). The molecule has 0 saturated carbocycles. The maximum Gasteiger partial charge on any atom is 0.326 e. The van der Waals surface area contributed by atoms with Crippen LogP contribution in [0, 0.1) is 5.92 Å². The van der Waals surface area contributed by atoms with Crippen molar-refractivity contribution in [3.63, 3.8) is 0 Å². The molecule has 1 heterocycles. The number of aliphatic carboxylic acids is 2. The third kappa shape index (κ3) is 5.00. The van der Waals surface area contributed by atoms with Gasteiger partial charge in [-0.15, -0.1) is 0 Å². The Morgan fingerprint density at radius 2 is 2.06 bits per heavy atom. The van der Waals surface area contributed by atoms with Crippen LogP contribution in [0.15, 0.2) is 0 Å². The Morgan fingerprint density at radius 1 is 1.33 bits per heavy atom. The van der Waals surface area contributed by atoms with Crippen LogP contribution in [0.2, 0.25) is 0 Å². The van der Waals surface area contributed by atoms with Crippen molar-refractivity contribution < 1.29 is 29.3 Å². The van der Waals surface area contributed by atoms with Gasteiger partial charge in [-0.2, -0.15) is 0 Å². The van der Waals surface area contributed by atoms with Gasteiger partial charge in [-0.3, -0.25) is 4.79 Å². The molecule has 18 heavy (non-hydrogen) atoms. The van der Waals surface area contributed by atoms with Crippen LogP contribution >= 0.6 is 0 Å². The van der Waals surface area contributed by atoms with Gasteiger partial charge in [0, 0.05) is 19.1 Å². The zero-order chi connectivity index (χ0) is 13.5. The molecule has 0 aromatic heterocycles. The molecule has 8 heteroatoms. The lowest BCUT2D eigenvalue weighted by molar-refractivity contribution is -0.145. The molecule has 2 amide bonds. The average molecular weight is 260 g/mol. The number of hydrogen-bond donors (Lipinski definition) is 4. The summed E-state index contributed by atoms with van der Waals surface area (Å²) >= 11 is 0. The molecule has 8 nitrogen and oxygen atoms in total. The second kappa shape index (κ2) is 6.80. The highest BCUT2D eigenvalue weighted by Crippen LogP contribution is 2.10. The summed E-state index contributed by atoms with van der Waals surface area (Å²) in [5, 5.41) is 21.8. The highest BCUT2D eigenvalue weighted by molar-refractivity contribution is 5.86. The standard InChI is InChI=1S/C10H16N2O6/c13-8(14)3-7(9(15)16)12-10(17)11-4-6-1-2-18-5-6/h6-7H,1-5H2,(H,13,14)(H,15,16)(H2,11,12,17)/t6?,7-/m0/s1. The molecule has 4 N–H and O–H groups in total. The SMILES string of the molecule is O=C(O)C[C@H](NC(=O)NCC1CCOC1)C(=O)O. The Balaban J connectivity index is 2.31. The predicted octanol–water partition coefficient (Wildman–Crippen LogP) is -0.750. The number of hydrogen-bond acceptors (Lipinski definition) is 4. The molecule has 1 aliphatic rings. The maximum absolute atomic E-state index is 11.4. The Kier molecular flexibility index (Phi) is 5.37. The van der Waals surface area contributed by atoms with Gasteiger partial charge < -0.3 is 25.6 Å². The van der Waals surface area contributed by atoms with Crippen LogP contribution in [0.5, 0.6) is 0 Å². The lowest BCUT2D eigenvalue weighted by Gasteiger charge is -2.14. The molecule has 1 saturated heterocycles. The fourth-order valence-corrected chi connectivity index (χ4v) is 1.57. The van der Waals surface area contributed by atoms with E-state index in [1.54, 1.807) is 0 Å². The lowest BCUT2D eigenvalue weighted by atomic mass is 10.1. The molecule has 0 spiro atoms. The van der Waals surface area contributed by atoms with Crippen LogP contribution in [0.25, 0.3) is 0 Å². The van der Waals surface area contributed by atoms with E-state index in [0.29, 0.717) is 19.8 Å². The normalized spacial score (nSPS) is 20.1. The predicted molar refractivity (Wildman–Crippen MR) is 59.1 cm³/mol. The van der Waals surface area contributed by atoms with Crippen LogP contribution in [-0.2, 0) is 14.3 Å². The quantitative estimate of drug-likeness (QED) is 0.498. The van der Waals surface area contributed by atoms with Gasteiger partial charge in [0.2, 0.25) is 0 Å². The smallest absolute Gasteiger partial charge is 0.326 e. The van der Waals surface area contributed by atoms with E-state index in [1.807, 2.05) is 0 Å². The van der Waals surface area contributed by atoms with Crippen LogP contribution in [0.1, 0.15) is 12.8 Å². The van der Waals surface area contributed by atoms with E-state index < -0.39 is 30.4 Å². The number of amides is 2. The topological polar surface area (TPSA) is 125 Å². The number of carbonyl (C=O) groups excluding carboxylic acids is 1. The van der Waals surface area contributed by atoms with Crippen molar-refractivity contribution >= 4 is 18.0 Å². The van der Waals surface area contributed by atoms with Crippen LogP contribution in [-0.4, -0.2) is 54.0 Å². The number of nitrogens with one attached hydrogen (secondary N) is 2. The molecule has 0 radical (unpaired) electrons. The molecule has 0 bridgehead atoms. The summed E-state index contributed by atoms with van der Waals surface area (Å²) in [6.45, 7) is 1.60. The minimum atomic E-state index is -1.43. The fraction of sp³-hybridized carbons (Fsp3) is 0.700. The summed E-state index contributed by atoms with van der Waals surface area (Å²) in [5.41, 5.74) is 0. The van der Waals surface area contributed by atoms with Crippen molar-refractivity contribution in [3.05, 3.63) is 0 Å². The van der Waals surface area contributed by atoms with Gasteiger partial charge in [0.25, 0.3) is 0 Å². The van der Waals surface area contributed by atoms with Crippen molar-refractivity contribution in [1.82, 2.24) is 10.6 Å². The second-order valence-corrected chi connectivity index (χ2v) is 4.07. The van der Waals surface area contributed by atoms with Crippen LogP contribution in [0.3, 0.4) is 0 Å². The molecule has 102 valence electrons. The number of urea groups is 1. The highest BCUT2D eigenvalue weighted by Gasteiger charge is 2.23. The first-order valence-electron chi connectivity index (χ1n) is 5.55. The van der Waals surface area contributed by atoms with Crippen molar-refractivity contribution in [2.45, 2.75) is 18.9 Å². The van der Waals surface area contributed by atoms with E-state index in [4.69, 9.17) is 14.9 Å². The first kappa shape index (κ1) is 14.2. The van der Waals surface area contributed by atoms with E-state index >= 15 is 0 Å². The Bertz CT molecular complexity index is 326. The fourth-order valence-electron chi connectivity index (χ4n) is 1.57. The molecule has 2 atom stereocenters. The number of carbonyl (C=O) groups is 3. The van der Waals surface area contributed by atoms with Crippen molar-refractivity contribution in [2.75, 3.05) is 19.8 Å². The average Bonchev–Trinajstić information content (AvgIpc) is 2.77. The zero-order valence-corrected chi connectivity index (χ0v) is 9.72. The summed E-state index contributed by atoms with van der Waals surface area (Å²) in [7, 11) is 0. The lowest BCUT2D eigenvalue weighted by Crippen LogP contribution is -2.47. The summed E-state index contributed by atoms with van der Waals surface area (Å²) in [5.74, 6) is -2.44. The molecular weight excluding hydrogens is 244 g/mol. The zero-order valence-electron chi connectivity index (χ0n) is 9.72. The number of ether oxygens (including phenoxy) is 1. The molecule has 1 unspecified atom stereocenters. The van der Waals surface area contributed by atoms with Gasteiger partial charge in [-0.05, 0) is 6.42 Å². The van der Waals surface area contributed by atoms with Gasteiger partial charge in [0.15, 0.2) is 0 Å². The molecule has 0 aromatic rings. The largest absolute Gasteiger partial charge is 0.481 e. The van der Waals surface area contributed by atoms with Gasteiger partial charge in [0.05, 0.1) is 13.0 Å². The van der Waals surface area contributed by atoms with E-state index in [0.717, 1.165) is 6.42 Å². The third-order valence-corrected chi connectivity index (χ3v) is 2.56. The molecule has 0 aromatic carbocycles. The highest BCUT2D eigenvalue weighted by atomic mass is 16.5. The summed E-state index contributed by atoms with van der Waals surface area (Å²) < 4.78 is 5.12. The minimum Gasteiger partial charge on any atom is -0.481 e. The van der Waals surface area contributed by atoms with E-state index in [9.17, 15) is 14.4 Å². The van der Waals surface area contributed by atoms with Gasteiger partial charge in [0.1, 0.15) is 6.04 Å². The van der Waals surface area contributed by atoms with Crippen LogP contribution in [0.4, 0.5) is 4.79 Å². The summed E-state index contributed by atoms with van der Waals surface area (Å²) in [6.07, 6.45) is 0.188. The van der Waals surface area contributed by atoms with Gasteiger partial charge >= 0.3 is 18.0 Å². The second-order valence-electron chi connectivity index (χ2n) is 4.07. The molecule has 1 fully saturated rings.